The van der Waals surface area contributed by atoms with Crippen molar-refractivity contribution in [2.24, 2.45) is 0 Å². The van der Waals surface area contributed by atoms with Crippen molar-refractivity contribution >= 4 is 15.7 Å². The van der Waals surface area contributed by atoms with Gasteiger partial charge in [-0.05, 0) is 35.4 Å². The van der Waals surface area contributed by atoms with E-state index in [4.69, 9.17) is 0 Å². The van der Waals surface area contributed by atoms with Gasteiger partial charge in [-0.1, -0.05) is 18.2 Å². The molecule has 2 aromatic carbocycles. The van der Waals surface area contributed by atoms with Crippen LogP contribution in [0.2, 0.25) is 0 Å². The molecule has 0 aromatic heterocycles. The lowest BCUT2D eigenvalue weighted by molar-refractivity contribution is -0.274. The first-order chi connectivity index (χ1) is 11.7. The van der Waals surface area contributed by atoms with E-state index in [2.05, 4.69) is 4.74 Å². The van der Waals surface area contributed by atoms with Crippen LogP contribution in [0.4, 0.5) is 32.0 Å². The van der Waals surface area contributed by atoms with Gasteiger partial charge in [0.1, 0.15) is 5.75 Å². The van der Waals surface area contributed by atoms with Gasteiger partial charge in [0.2, 0.25) is 10.0 Å². The van der Waals surface area contributed by atoms with Gasteiger partial charge in [-0.2, -0.15) is 13.2 Å². The van der Waals surface area contributed by atoms with Gasteiger partial charge in [0, 0.05) is 5.69 Å². The second-order valence-electron chi connectivity index (χ2n) is 5.20. The van der Waals surface area contributed by atoms with E-state index in [0.29, 0.717) is 6.07 Å². The van der Waals surface area contributed by atoms with E-state index < -0.39 is 33.9 Å². The number of alkyl halides is 6. The lowest BCUT2D eigenvalue weighted by atomic mass is 9.98. The molecule has 0 amide bonds. The Hall–Kier alpha value is -2.43. The van der Waals surface area contributed by atoms with Gasteiger partial charge in [-0.3, -0.25) is 4.72 Å². The lowest BCUT2D eigenvalue weighted by Crippen LogP contribution is -2.17. The number of benzene rings is 2. The minimum atomic E-state index is -4.92. The molecule has 4 nitrogen and oxygen atoms in total. The van der Waals surface area contributed by atoms with Gasteiger partial charge in [-0.15, -0.1) is 13.2 Å². The van der Waals surface area contributed by atoms with Gasteiger partial charge in [0.15, 0.2) is 0 Å². The zero-order valence-electron chi connectivity index (χ0n) is 12.9. The summed E-state index contributed by atoms with van der Waals surface area (Å²) >= 11 is 0. The molecule has 26 heavy (non-hydrogen) atoms. The third-order valence-corrected chi connectivity index (χ3v) is 3.63. The zero-order chi connectivity index (χ0) is 19.8. The third-order valence-electron chi connectivity index (χ3n) is 3.03. The summed E-state index contributed by atoms with van der Waals surface area (Å²) in [7, 11) is -3.78. The molecular weight excluding hydrogens is 388 g/mol. The van der Waals surface area contributed by atoms with Crippen LogP contribution in [0.3, 0.4) is 0 Å². The smallest absolute Gasteiger partial charge is 0.406 e. The monoisotopic (exact) mass is 399 g/mol. The predicted molar refractivity (Wildman–Crippen MR) is 82.0 cm³/mol. The van der Waals surface area contributed by atoms with Gasteiger partial charge in [0.05, 0.1) is 11.8 Å². The summed E-state index contributed by atoms with van der Waals surface area (Å²) in [6.45, 7) is 0. The van der Waals surface area contributed by atoms with Crippen LogP contribution < -0.4 is 9.46 Å². The molecule has 0 heterocycles. The Morgan fingerprint density at radius 3 is 1.96 bits per heavy atom. The molecular formula is C15H11F6NO3S. The van der Waals surface area contributed by atoms with E-state index in [9.17, 15) is 34.8 Å². The molecule has 0 aliphatic carbocycles. The number of rotatable bonds is 4. The van der Waals surface area contributed by atoms with E-state index in [0.717, 1.165) is 42.7 Å². The van der Waals surface area contributed by atoms with Crippen LogP contribution >= 0.6 is 0 Å². The highest BCUT2D eigenvalue weighted by molar-refractivity contribution is 7.92. The van der Waals surface area contributed by atoms with Crippen LogP contribution in [-0.2, 0) is 16.2 Å². The Morgan fingerprint density at radius 1 is 0.923 bits per heavy atom. The van der Waals surface area contributed by atoms with Gasteiger partial charge < -0.3 is 4.74 Å². The fourth-order valence-corrected chi connectivity index (χ4v) is 2.70. The number of anilines is 1. The minimum absolute atomic E-state index is 0.0160. The molecule has 0 aliphatic heterocycles. The van der Waals surface area contributed by atoms with Gasteiger partial charge in [0.25, 0.3) is 0 Å². The van der Waals surface area contributed by atoms with Crippen molar-refractivity contribution in [3.63, 3.8) is 0 Å². The molecule has 142 valence electrons. The highest BCUT2D eigenvalue weighted by Crippen LogP contribution is 2.39. The number of nitrogens with one attached hydrogen (secondary N) is 1. The summed E-state index contributed by atoms with van der Waals surface area (Å²) in [5.41, 5.74) is -1.77. The largest absolute Gasteiger partial charge is 0.573 e. The molecule has 0 bridgehead atoms. The van der Waals surface area contributed by atoms with Crippen molar-refractivity contribution < 1.29 is 39.5 Å². The second-order valence-corrected chi connectivity index (χ2v) is 6.95. The van der Waals surface area contributed by atoms with Crippen molar-refractivity contribution in [1.29, 1.82) is 0 Å². The van der Waals surface area contributed by atoms with E-state index in [1.807, 2.05) is 4.72 Å². The number of hydrogen-bond donors (Lipinski definition) is 1. The van der Waals surface area contributed by atoms with E-state index in [1.54, 1.807) is 0 Å². The molecule has 0 saturated carbocycles. The first kappa shape index (κ1) is 19.9. The van der Waals surface area contributed by atoms with Crippen LogP contribution in [0.1, 0.15) is 5.56 Å². The Bertz CT molecular complexity index is 889. The molecule has 0 radical (unpaired) electrons. The Kier molecular flexibility index (Phi) is 5.13. The van der Waals surface area contributed by atoms with Crippen LogP contribution in [0, 0.1) is 0 Å². The molecule has 2 rings (SSSR count). The normalized spacial score (nSPS) is 12.7. The number of hydrogen-bond acceptors (Lipinski definition) is 3. The van der Waals surface area contributed by atoms with Crippen LogP contribution in [0.5, 0.6) is 5.75 Å². The highest BCUT2D eigenvalue weighted by atomic mass is 32.2. The molecule has 0 aliphatic rings. The van der Waals surface area contributed by atoms with Gasteiger partial charge in [-0.25, -0.2) is 8.42 Å². The van der Waals surface area contributed by atoms with E-state index in [-0.39, 0.29) is 16.8 Å². The number of sulfonamides is 1. The SMILES string of the molecule is CS(=O)(=O)Nc1ccc(-c2ccc(OC(F)(F)F)cc2)c(C(F)(F)F)c1. The van der Waals surface area contributed by atoms with Crippen LogP contribution in [0.25, 0.3) is 11.1 Å². The number of halogens is 6. The summed E-state index contributed by atoms with van der Waals surface area (Å²) in [6.07, 6.45) is -8.95. The maximum Gasteiger partial charge on any atom is 0.573 e. The minimum Gasteiger partial charge on any atom is -0.406 e. The lowest BCUT2D eigenvalue weighted by Gasteiger charge is -2.16. The number of ether oxygens (including phenoxy) is 1. The molecule has 1 N–H and O–H groups in total. The summed E-state index contributed by atoms with van der Waals surface area (Å²) in [4.78, 5) is 0. The van der Waals surface area contributed by atoms with E-state index in [1.165, 1.54) is 0 Å². The zero-order valence-corrected chi connectivity index (χ0v) is 13.8. The quantitative estimate of drug-likeness (QED) is 0.762. The van der Waals surface area contributed by atoms with Crippen molar-refractivity contribution in [3.8, 4) is 16.9 Å². The molecule has 0 atom stereocenters. The van der Waals surface area contributed by atoms with Crippen LogP contribution in [0.15, 0.2) is 42.5 Å². The molecule has 0 fully saturated rings. The standard InChI is InChI=1S/C15H11F6NO3S/c1-26(23,24)22-10-4-7-12(13(8-10)14(16,17)18)9-2-5-11(6-3-9)25-15(19,20)21/h2-8,22H,1H3. The average molecular weight is 399 g/mol. The Labute approximate surface area is 144 Å². The second kappa shape index (κ2) is 6.71. The first-order valence-electron chi connectivity index (χ1n) is 6.80. The topological polar surface area (TPSA) is 55.4 Å². The summed E-state index contributed by atoms with van der Waals surface area (Å²) in [5.74, 6) is -0.579. The third kappa shape index (κ3) is 5.55. The van der Waals surface area contributed by atoms with Crippen molar-refractivity contribution in [2.45, 2.75) is 12.5 Å². The summed E-state index contributed by atoms with van der Waals surface area (Å²) < 4.78 is 104. The fraction of sp³-hybridized carbons (Fsp3) is 0.200. The average Bonchev–Trinajstić information content (AvgIpc) is 2.44. The van der Waals surface area contributed by atoms with Gasteiger partial charge >= 0.3 is 12.5 Å². The van der Waals surface area contributed by atoms with E-state index >= 15 is 0 Å². The summed E-state index contributed by atoms with van der Waals surface area (Å²) in [5, 5.41) is 0. The molecule has 0 unspecified atom stereocenters. The van der Waals surface area contributed by atoms with Crippen LogP contribution in [-0.4, -0.2) is 21.0 Å². The Balaban J connectivity index is 2.45. The highest BCUT2D eigenvalue weighted by Gasteiger charge is 2.34. The Morgan fingerprint density at radius 2 is 1.50 bits per heavy atom. The molecule has 0 spiro atoms. The molecule has 0 saturated heterocycles. The molecule has 11 heteroatoms. The first-order valence-corrected chi connectivity index (χ1v) is 8.69. The van der Waals surface area contributed by atoms with Crippen molar-refractivity contribution in [3.05, 3.63) is 48.0 Å². The molecule has 2 aromatic rings. The van der Waals surface area contributed by atoms with Crippen molar-refractivity contribution in [1.82, 2.24) is 0 Å². The maximum atomic E-state index is 13.3. The summed E-state index contributed by atoms with van der Waals surface area (Å²) in [6, 6.07) is 6.58. The van der Waals surface area contributed by atoms with Crippen molar-refractivity contribution in [2.75, 3.05) is 11.0 Å². The fourth-order valence-electron chi connectivity index (χ4n) is 2.14. The predicted octanol–water partition coefficient (Wildman–Crippen LogP) is 4.64. The maximum absolute atomic E-state index is 13.3.